The van der Waals surface area contributed by atoms with E-state index in [1.807, 2.05) is 24.3 Å². The fourth-order valence-electron chi connectivity index (χ4n) is 2.30. The van der Waals surface area contributed by atoms with E-state index < -0.39 is 5.91 Å². The summed E-state index contributed by atoms with van der Waals surface area (Å²) in [4.78, 5) is 14.1. The summed E-state index contributed by atoms with van der Waals surface area (Å²) in [5, 5.41) is 22.7. The number of amides is 1. The number of nitrogens with one attached hydrogen (secondary N) is 1. The average Bonchev–Trinajstić information content (AvgIpc) is 2.57. The lowest BCUT2D eigenvalue weighted by Crippen LogP contribution is -2.21. The Labute approximate surface area is 141 Å². The summed E-state index contributed by atoms with van der Waals surface area (Å²) in [6.07, 6.45) is 1.53. The first-order valence-corrected chi connectivity index (χ1v) is 7.75. The number of carbonyl (C=O) groups excluding carboxylic acids is 1. The fourth-order valence-corrected chi connectivity index (χ4v) is 2.30. The van der Waals surface area contributed by atoms with Gasteiger partial charge in [-0.05, 0) is 43.7 Å². The van der Waals surface area contributed by atoms with Crippen LogP contribution in [0.15, 0.2) is 47.6 Å². The van der Waals surface area contributed by atoms with Crippen LogP contribution >= 0.6 is 0 Å². The number of rotatable bonds is 6. The third-order valence-corrected chi connectivity index (χ3v) is 3.63. The number of phenols is 2. The Balaban J connectivity index is 1.99. The second-order valence-electron chi connectivity index (χ2n) is 5.16. The van der Waals surface area contributed by atoms with Crippen LogP contribution in [0.3, 0.4) is 0 Å². The summed E-state index contributed by atoms with van der Waals surface area (Å²) in [5.41, 5.74) is 4.37. The fraction of sp³-hybridized carbons (Fsp3) is 0.222. The van der Waals surface area contributed by atoms with Gasteiger partial charge in [-0.3, -0.25) is 4.79 Å². The van der Waals surface area contributed by atoms with Gasteiger partial charge < -0.3 is 15.1 Å². The Morgan fingerprint density at radius 1 is 1.12 bits per heavy atom. The molecule has 0 aliphatic carbocycles. The first kappa shape index (κ1) is 17.3. The van der Waals surface area contributed by atoms with Crippen LogP contribution in [0, 0.1) is 0 Å². The molecular weight excluding hydrogens is 306 g/mol. The van der Waals surface area contributed by atoms with Crippen LogP contribution in [0.5, 0.6) is 11.5 Å². The summed E-state index contributed by atoms with van der Waals surface area (Å²) in [5.74, 6) is -0.962. The number of carbonyl (C=O) groups is 1. The maximum Gasteiger partial charge on any atom is 0.275 e. The van der Waals surface area contributed by atoms with Crippen molar-refractivity contribution in [3.63, 3.8) is 0 Å². The Morgan fingerprint density at radius 2 is 1.79 bits per heavy atom. The first-order valence-electron chi connectivity index (χ1n) is 7.75. The molecular formula is C18H21N3O3. The zero-order valence-electron chi connectivity index (χ0n) is 13.7. The van der Waals surface area contributed by atoms with Crippen molar-refractivity contribution in [3.05, 3.63) is 53.6 Å². The molecule has 2 aromatic carbocycles. The van der Waals surface area contributed by atoms with Crippen LogP contribution in [-0.2, 0) is 0 Å². The van der Waals surface area contributed by atoms with Gasteiger partial charge in [0.2, 0.25) is 0 Å². The third kappa shape index (κ3) is 4.25. The molecule has 6 nitrogen and oxygen atoms in total. The van der Waals surface area contributed by atoms with Gasteiger partial charge in [0.1, 0.15) is 11.5 Å². The Hall–Kier alpha value is -3.02. The molecule has 0 bridgehead atoms. The average molecular weight is 327 g/mol. The lowest BCUT2D eigenvalue weighted by atomic mass is 10.2. The van der Waals surface area contributed by atoms with Gasteiger partial charge in [0.15, 0.2) is 0 Å². The van der Waals surface area contributed by atoms with E-state index in [2.05, 4.69) is 29.3 Å². The molecule has 0 unspecified atom stereocenters. The predicted molar refractivity (Wildman–Crippen MR) is 94.8 cm³/mol. The van der Waals surface area contributed by atoms with Gasteiger partial charge in [0, 0.05) is 24.8 Å². The van der Waals surface area contributed by atoms with Crippen molar-refractivity contribution in [1.82, 2.24) is 5.43 Å². The maximum absolute atomic E-state index is 11.9. The molecule has 126 valence electrons. The van der Waals surface area contributed by atoms with E-state index in [4.69, 9.17) is 0 Å². The molecule has 0 saturated heterocycles. The Morgan fingerprint density at radius 3 is 2.38 bits per heavy atom. The highest BCUT2D eigenvalue weighted by Gasteiger charge is 2.10. The van der Waals surface area contributed by atoms with Gasteiger partial charge in [-0.1, -0.05) is 12.1 Å². The highest BCUT2D eigenvalue weighted by molar-refractivity contribution is 5.97. The largest absolute Gasteiger partial charge is 0.508 e. The van der Waals surface area contributed by atoms with Crippen LogP contribution in [0.25, 0.3) is 0 Å². The minimum absolute atomic E-state index is 0.0434. The molecule has 0 aliphatic heterocycles. The van der Waals surface area contributed by atoms with Crippen LogP contribution in [0.4, 0.5) is 5.69 Å². The monoisotopic (exact) mass is 327 g/mol. The van der Waals surface area contributed by atoms with E-state index in [1.54, 1.807) is 0 Å². The van der Waals surface area contributed by atoms with Crippen molar-refractivity contribution in [2.75, 3.05) is 18.0 Å². The molecule has 3 N–H and O–H groups in total. The standard InChI is InChI=1S/C18H21N3O3/c1-3-21(4-2)14-7-5-13(6-8-14)12-19-20-18(24)16-10-9-15(22)11-17(16)23/h5-12,22-23H,3-4H2,1-2H3,(H,20,24). The number of anilines is 1. The molecule has 1 amide bonds. The Kier molecular flexibility index (Phi) is 5.78. The van der Waals surface area contributed by atoms with Crippen LogP contribution in [-0.4, -0.2) is 35.4 Å². The summed E-state index contributed by atoms with van der Waals surface area (Å²) < 4.78 is 0. The second-order valence-corrected chi connectivity index (χ2v) is 5.16. The van der Waals surface area contributed by atoms with Crippen LogP contribution in [0.2, 0.25) is 0 Å². The number of benzene rings is 2. The minimum Gasteiger partial charge on any atom is -0.508 e. The Bertz CT molecular complexity index is 723. The molecule has 2 rings (SSSR count). The number of hydrazone groups is 1. The van der Waals surface area contributed by atoms with Crippen molar-refractivity contribution in [3.8, 4) is 11.5 Å². The molecule has 0 radical (unpaired) electrons. The molecule has 0 aromatic heterocycles. The van der Waals surface area contributed by atoms with Gasteiger partial charge in [-0.15, -0.1) is 0 Å². The topological polar surface area (TPSA) is 85.2 Å². The van der Waals surface area contributed by atoms with E-state index in [9.17, 15) is 15.0 Å². The normalized spacial score (nSPS) is 10.8. The molecule has 0 aliphatic rings. The highest BCUT2D eigenvalue weighted by Crippen LogP contribution is 2.22. The smallest absolute Gasteiger partial charge is 0.275 e. The molecule has 0 fully saturated rings. The first-order chi connectivity index (χ1) is 11.5. The number of hydrogen-bond donors (Lipinski definition) is 3. The van der Waals surface area contributed by atoms with Gasteiger partial charge in [0.25, 0.3) is 5.91 Å². The summed E-state index contributed by atoms with van der Waals surface area (Å²) in [6.45, 7) is 6.09. The number of nitrogens with zero attached hydrogens (tertiary/aromatic N) is 2. The van der Waals surface area contributed by atoms with Gasteiger partial charge >= 0.3 is 0 Å². The molecule has 0 saturated carbocycles. The number of hydrogen-bond acceptors (Lipinski definition) is 5. The molecule has 24 heavy (non-hydrogen) atoms. The lowest BCUT2D eigenvalue weighted by Gasteiger charge is -2.20. The van der Waals surface area contributed by atoms with E-state index in [0.717, 1.165) is 30.4 Å². The third-order valence-electron chi connectivity index (χ3n) is 3.63. The van der Waals surface area contributed by atoms with Crippen LogP contribution < -0.4 is 10.3 Å². The molecule has 2 aromatic rings. The zero-order chi connectivity index (χ0) is 17.5. The molecule has 0 atom stereocenters. The van der Waals surface area contributed by atoms with E-state index in [0.29, 0.717) is 0 Å². The highest BCUT2D eigenvalue weighted by atomic mass is 16.3. The van der Waals surface area contributed by atoms with Gasteiger partial charge in [-0.25, -0.2) is 5.43 Å². The van der Waals surface area contributed by atoms with Crippen molar-refractivity contribution in [1.29, 1.82) is 0 Å². The summed E-state index contributed by atoms with van der Waals surface area (Å²) in [6, 6.07) is 11.6. The number of aromatic hydroxyl groups is 2. The summed E-state index contributed by atoms with van der Waals surface area (Å²) in [7, 11) is 0. The summed E-state index contributed by atoms with van der Waals surface area (Å²) >= 11 is 0. The van der Waals surface area contributed by atoms with Crippen molar-refractivity contribution in [2.24, 2.45) is 5.10 Å². The van der Waals surface area contributed by atoms with Gasteiger partial charge in [-0.2, -0.15) is 5.10 Å². The molecule has 0 spiro atoms. The quantitative estimate of drug-likeness (QED) is 0.562. The van der Waals surface area contributed by atoms with E-state index >= 15 is 0 Å². The molecule has 0 heterocycles. The lowest BCUT2D eigenvalue weighted by molar-refractivity contribution is 0.0952. The van der Waals surface area contributed by atoms with Gasteiger partial charge in [0.05, 0.1) is 11.8 Å². The predicted octanol–water partition coefficient (Wildman–Crippen LogP) is 2.71. The van der Waals surface area contributed by atoms with Crippen molar-refractivity contribution in [2.45, 2.75) is 13.8 Å². The minimum atomic E-state index is -0.552. The van der Waals surface area contributed by atoms with E-state index in [1.165, 1.54) is 18.3 Å². The SMILES string of the molecule is CCN(CC)c1ccc(C=NNC(=O)c2ccc(O)cc2O)cc1. The second kappa shape index (κ2) is 8.01. The van der Waals surface area contributed by atoms with Crippen molar-refractivity contribution >= 4 is 17.8 Å². The molecule has 6 heteroatoms. The maximum atomic E-state index is 11.9. The number of phenolic OH excluding ortho intramolecular Hbond substituents is 2. The van der Waals surface area contributed by atoms with Crippen molar-refractivity contribution < 1.29 is 15.0 Å². The van der Waals surface area contributed by atoms with E-state index in [-0.39, 0.29) is 17.1 Å². The zero-order valence-corrected chi connectivity index (χ0v) is 13.7. The van der Waals surface area contributed by atoms with Crippen LogP contribution in [0.1, 0.15) is 29.8 Å².